The summed E-state index contributed by atoms with van der Waals surface area (Å²) in [6.45, 7) is 3.02. The minimum absolute atomic E-state index is 0.115. The molecule has 0 aliphatic heterocycles. The van der Waals surface area contributed by atoms with E-state index in [2.05, 4.69) is 24.4 Å². The van der Waals surface area contributed by atoms with Gasteiger partial charge in [-0.25, -0.2) is 0 Å². The molecule has 0 aliphatic carbocycles. The zero-order chi connectivity index (χ0) is 12.5. The van der Waals surface area contributed by atoms with Crippen LogP contribution in [0.1, 0.15) is 18.9 Å². The molecule has 0 amide bonds. The summed E-state index contributed by atoms with van der Waals surface area (Å²) in [6, 6.07) is 10.7. The Morgan fingerprint density at radius 3 is 2.59 bits per heavy atom. The highest BCUT2D eigenvalue weighted by Gasteiger charge is 2.11. The van der Waals surface area contributed by atoms with Gasteiger partial charge < -0.3 is 15.2 Å². The van der Waals surface area contributed by atoms with E-state index in [1.54, 1.807) is 7.11 Å². The summed E-state index contributed by atoms with van der Waals surface area (Å²) in [5.74, 6) is 0. The zero-order valence-corrected chi connectivity index (χ0v) is 10.7. The summed E-state index contributed by atoms with van der Waals surface area (Å²) in [5.41, 5.74) is 1.25. The first kappa shape index (κ1) is 14.2. The van der Waals surface area contributed by atoms with Gasteiger partial charge in [0, 0.05) is 25.8 Å². The van der Waals surface area contributed by atoms with Gasteiger partial charge in [0.1, 0.15) is 0 Å². The minimum atomic E-state index is 0.115. The van der Waals surface area contributed by atoms with Crippen molar-refractivity contribution in [1.29, 1.82) is 0 Å². The van der Waals surface area contributed by atoms with Crippen LogP contribution in [0.2, 0.25) is 0 Å². The molecule has 0 spiro atoms. The lowest BCUT2D eigenvalue weighted by molar-refractivity contribution is 0.175. The molecule has 1 aromatic carbocycles. The maximum Gasteiger partial charge on any atom is 0.0587 e. The highest BCUT2D eigenvalue weighted by atomic mass is 16.5. The van der Waals surface area contributed by atoms with Crippen LogP contribution in [0.5, 0.6) is 0 Å². The fraction of sp³-hybridized carbons (Fsp3) is 0.571. The van der Waals surface area contributed by atoms with Gasteiger partial charge in [-0.05, 0) is 25.3 Å². The van der Waals surface area contributed by atoms with Crippen molar-refractivity contribution in [3.63, 3.8) is 0 Å². The predicted molar refractivity (Wildman–Crippen MR) is 70.1 cm³/mol. The minimum Gasteiger partial charge on any atom is -0.395 e. The number of methoxy groups -OCH3 is 1. The summed E-state index contributed by atoms with van der Waals surface area (Å²) in [5, 5.41) is 12.8. The molecule has 0 fully saturated rings. The number of rotatable bonds is 8. The second-order valence-corrected chi connectivity index (χ2v) is 4.42. The van der Waals surface area contributed by atoms with E-state index in [-0.39, 0.29) is 12.6 Å². The third-order valence-corrected chi connectivity index (χ3v) is 2.82. The molecule has 0 radical (unpaired) electrons. The summed E-state index contributed by atoms with van der Waals surface area (Å²) < 4.78 is 5.04. The van der Waals surface area contributed by atoms with E-state index >= 15 is 0 Å². The average molecular weight is 237 g/mol. The average Bonchev–Trinajstić information content (AvgIpc) is 2.36. The second-order valence-electron chi connectivity index (χ2n) is 4.42. The molecule has 0 saturated carbocycles. The Morgan fingerprint density at radius 1 is 1.29 bits per heavy atom. The van der Waals surface area contributed by atoms with E-state index in [9.17, 15) is 5.11 Å². The quantitative estimate of drug-likeness (QED) is 0.721. The number of hydrogen-bond donors (Lipinski definition) is 2. The molecule has 17 heavy (non-hydrogen) atoms. The van der Waals surface area contributed by atoms with Gasteiger partial charge in [0.25, 0.3) is 0 Å². The topological polar surface area (TPSA) is 41.5 Å². The second kappa shape index (κ2) is 8.23. The van der Waals surface area contributed by atoms with Crippen LogP contribution >= 0.6 is 0 Å². The molecule has 0 saturated heterocycles. The summed E-state index contributed by atoms with van der Waals surface area (Å²) >= 11 is 0. The van der Waals surface area contributed by atoms with Crippen molar-refractivity contribution < 1.29 is 9.84 Å². The van der Waals surface area contributed by atoms with Crippen LogP contribution in [0.15, 0.2) is 30.3 Å². The van der Waals surface area contributed by atoms with Crippen molar-refractivity contribution in [1.82, 2.24) is 5.32 Å². The van der Waals surface area contributed by atoms with Crippen molar-refractivity contribution in [2.24, 2.45) is 0 Å². The Balaban J connectivity index is 2.38. The van der Waals surface area contributed by atoms with Crippen LogP contribution in [0, 0.1) is 0 Å². The summed E-state index contributed by atoms with van der Waals surface area (Å²) in [7, 11) is 1.71. The molecule has 1 rings (SSSR count). The predicted octanol–water partition coefficient (Wildman–Crippen LogP) is 1.60. The van der Waals surface area contributed by atoms with Gasteiger partial charge in [-0.1, -0.05) is 30.3 Å². The van der Waals surface area contributed by atoms with Gasteiger partial charge in [-0.3, -0.25) is 0 Å². The van der Waals surface area contributed by atoms with Gasteiger partial charge in [-0.2, -0.15) is 0 Å². The third kappa shape index (κ3) is 5.82. The lowest BCUT2D eigenvalue weighted by atomic mass is 10.1. The number of ether oxygens (including phenoxy) is 1. The van der Waals surface area contributed by atoms with E-state index in [4.69, 9.17) is 4.74 Å². The van der Waals surface area contributed by atoms with Crippen molar-refractivity contribution in [2.45, 2.75) is 31.8 Å². The first-order chi connectivity index (χ1) is 8.26. The molecular weight excluding hydrogens is 214 g/mol. The van der Waals surface area contributed by atoms with Gasteiger partial charge in [0.05, 0.1) is 6.61 Å². The van der Waals surface area contributed by atoms with Crippen LogP contribution in [-0.2, 0) is 11.2 Å². The van der Waals surface area contributed by atoms with Crippen LogP contribution < -0.4 is 5.32 Å². The molecule has 2 unspecified atom stereocenters. The Kier molecular flexibility index (Phi) is 6.86. The molecule has 2 atom stereocenters. The number of nitrogens with one attached hydrogen (secondary N) is 1. The lowest BCUT2D eigenvalue weighted by Crippen LogP contribution is -2.41. The molecule has 3 nitrogen and oxygen atoms in total. The molecule has 0 aromatic heterocycles. The highest BCUT2D eigenvalue weighted by molar-refractivity contribution is 5.15. The van der Waals surface area contributed by atoms with Crippen molar-refractivity contribution in [3.8, 4) is 0 Å². The standard InChI is InChI=1S/C14H23NO2/c1-12(8-9-17-2)15-14(11-16)10-13-6-4-3-5-7-13/h3-7,12,14-16H,8-11H2,1-2H3. The first-order valence-electron chi connectivity index (χ1n) is 6.16. The molecule has 2 N–H and O–H groups in total. The van der Waals surface area contributed by atoms with Crippen molar-refractivity contribution in [2.75, 3.05) is 20.3 Å². The Morgan fingerprint density at radius 2 is 2.00 bits per heavy atom. The van der Waals surface area contributed by atoms with Crippen molar-refractivity contribution >= 4 is 0 Å². The highest BCUT2D eigenvalue weighted by Crippen LogP contribution is 2.04. The molecule has 0 heterocycles. The summed E-state index contributed by atoms with van der Waals surface area (Å²) in [4.78, 5) is 0. The van der Waals surface area contributed by atoms with Gasteiger partial charge >= 0.3 is 0 Å². The van der Waals surface area contributed by atoms with E-state index < -0.39 is 0 Å². The third-order valence-electron chi connectivity index (χ3n) is 2.82. The fourth-order valence-corrected chi connectivity index (χ4v) is 1.86. The van der Waals surface area contributed by atoms with E-state index in [0.717, 1.165) is 19.4 Å². The smallest absolute Gasteiger partial charge is 0.0587 e. The molecule has 96 valence electrons. The Hall–Kier alpha value is -0.900. The molecule has 3 heteroatoms. The van der Waals surface area contributed by atoms with E-state index in [1.807, 2.05) is 18.2 Å². The van der Waals surface area contributed by atoms with Gasteiger partial charge in [0.2, 0.25) is 0 Å². The Labute approximate surface area is 104 Å². The van der Waals surface area contributed by atoms with Crippen LogP contribution in [0.3, 0.4) is 0 Å². The molecule has 0 aliphatic rings. The molecular formula is C14H23NO2. The number of benzene rings is 1. The van der Waals surface area contributed by atoms with Crippen LogP contribution in [0.25, 0.3) is 0 Å². The van der Waals surface area contributed by atoms with E-state index in [0.29, 0.717) is 6.04 Å². The maximum absolute atomic E-state index is 9.37. The van der Waals surface area contributed by atoms with Gasteiger partial charge in [-0.15, -0.1) is 0 Å². The first-order valence-corrected chi connectivity index (χ1v) is 6.16. The normalized spacial score (nSPS) is 14.5. The SMILES string of the molecule is COCCC(C)NC(CO)Cc1ccccc1. The van der Waals surface area contributed by atoms with Crippen LogP contribution in [-0.4, -0.2) is 37.5 Å². The monoisotopic (exact) mass is 237 g/mol. The number of aliphatic hydroxyl groups is 1. The molecule has 0 bridgehead atoms. The number of aliphatic hydroxyl groups excluding tert-OH is 1. The van der Waals surface area contributed by atoms with Gasteiger partial charge in [0.15, 0.2) is 0 Å². The zero-order valence-electron chi connectivity index (χ0n) is 10.7. The van der Waals surface area contributed by atoms with E-state index in [1.165, 1.54) is 5.56 Å². The number of hydrogen-bond acceptors (Lipinski definition) is 3. The Bertz CT molecular complexity index is 290. The van der Waals surface area contributed by atoms with Crippen LogP contribution in [0.4, 0.5) is 0 Å². The maximum atomic E-state index is 9.37. The molecule has 1 aromatic rings. The largest absolute Gasteiger partial charge is 0.395 e. The van der Waals surface area contributed by atoms with Crippen molar-refractivity contribution in [3.05, 3.63) is 35.9 Å². The lowest BCUT2D eigenvalue weighted by Gasteiger charge is -2.21. The summed E-state index contributed by atoms with van der Waals surface area (Å²) in [6.07, 6.45) is 1.82. The fourth-order valence-electron chi connectivity index (χ4n) is 1.86.